The average Bonchev–Trinajstić information content (AvgIpc) is 2.92. The summed E-state index contributed by atoms with van der Waals surface area (Å²) in [6.45, 7) is 1.11. The number of halogens is 2. The van der Waals surface area contributed by atoms with Crippen molar-refractivity contribution in [3.05, 3.63) is 70.2 Å². The Labute approximate surface area is 236 Å². The zero-order chi connectivity index (χ0) is 28.7. The van der Waals surface area contributed by atoms with E-state index in [0.29, 0.717) is 5.75 Å². The summed E-state index contributed by atoms with van der Waals surface area (Å²) < 4.78 is 49.5. The topological polar surface area (TPSA) is 120 Å². The molecule has 0 aliphatic rings. The van der Waals surface area contributed by atoms with Gasteiger partial charge < -0.3 is 24.3 Å². The molecule has 3 aromatic carbocycles. The number of sulfonamides is 1. The molecule has 0 radical (unpaired) electrons. The molecule has 0 unspecified atom stereocenters. The van der Waals surface area contributed by atoms with E-state index in [0.717, 1.165) is 4.31 Å². The van der Waals surface area contributed by atoms with Crippen LogP contribution in [-0.4, -0.2) is 54.8 Å². The number of carbonyl (C=O) groups excluding carboxylic acids is 2. The first-order valence-corrected chi connectivity index (χ1v) is 13.6. The Kier molecular flexibility index (Phi) is 9.90. The largest absolute Gasteiger partial charge is 0.495 e. The number of ether oxygens (including phenoxy) is 4. The molecular weight excluding hydrogens is 571 g/mol. The van der Waals surface area contributed by atoms with Crippen LogP contribution in [0.15, 0.2) is 59.5 Å². The second-order valence-corrected chi connectivity index (χ2v) is 10.5. The molecule has 0 saturated heterocycles. The Balaban J connectivity index is 2.04. The van der Waals surface area contributed by atoms with Gasteiger partial charge in [0.05, 0.1) is 49.1 Å². The third kappa shape index (κ3) is 6.86. The molecule has 208 valence electrons. The number of nitrogens with one attached hydrogen (secondary N) is 1. The lowest BCUT2D eigenvalue weighted by atomic mass is 10.2. The maximum atomic E-state index is 13.9. The van der Waals surface area contributed by atoms with E-state index < -0.39 is 28.4 Å². The summed E-state index contributed by atoms with van der Waals surface area (Å²) in [5.74, 6) is -0.736. The summed E-state index contributed by atoms with van der Waals surface area (Å²) >= 11 is 12.3. The van der Waals surface area contributed by atoms with Gasteiger partial charge in [-0.2, -0.15) is 0 Å². The van der Waals surface area contributed by atoms with Crippen molar-refractivity contribution in [1.82, 2.24) is 0 Å². The van der Waals surface area contributed by atoms with Gasteiger partial charge in [-0.05, 0) is 55.5 Å². The first-order valence-electron chi connectivity index (χ1n) is 11.4. The highest BCUT2D eigenvalue weighted by Crippen LogP contribution is 2.37. The number of anilines is 2. The van der Waals surface area contributed by atoms with Crippen LogP contribution in [0.25, 0.3) is 0 Å². The molecule has 0 fully saturated rings. The number of esters is 1. The first-order chi connectivity index (χ1) is 18.5. The second-order valence-electron chi connectivity index (χ2n) is 7.81. The highest BCUT2D eigenvalue weighted by molar-refractivity contribution is 7.92. The lowest BCUT2D eigenvalue weighted by molar-refractivity contribution is -0.114. The van der Waals surface area contributed by atoms with Crippen LogP contribution in [0.4, 0.5) is 11.4 Å². The molecule has 0 aliphatic carbocycles. The molecule has 1 N–H and O–H groups in total. The highest BCUT2D eigenvalue weighted by atomic mass is 35.5. The van der Waals surface area contributed by atoms with Gasteiger partial charge in [0, 0.05) is 16.8 Å². The predicted octanol–water partition coefficient (Wildman–Crippen LogP) is 5.03. The van der Waals surface area contributed by atoms with Crippen molar-refractivity contribution in [1.29, 1.82) is 0 Å². The Hall–Kier alpha value is -3.67. The van der Waals surface area contributed by atoms with Crippen LogP contribution in [-0.2, 0) is 19.6 Å². The lowest BCUT2D eigenvalue weighted by Crippen LogP contribution is -2.38. The number of nitrogens with zero attached hydrogens (tertiary/aromatic N) is 1. The van der Waals surface area contributed by atoms with Crippen molar-refractivity contribution < 1.29 is 37.0 Å². The molecule has 0 atom stereocenters. The van der Waals surface area contributed by atoms with Gasteiger partial charge in [0.2, 0.25) is 5.91 Å². The molecular formula is C26H26Cl2N2O8S. The van der Waals surface area contributed by atoms with Gasteiger partial charge >= 0.3 is 5.97 Å². The number of carbonyl (C=O) groups is 2. The lowest BCUT2D eigenvalue weighted by Gasteiger charge is -2.26. The van der Waals surface area contributed by atoms with Gasteiger partial charge in [0.15, 0.2) is 11.5 Å². The second kappa shape index (κ2) is 12.9. The van der Waals surface area contributed by atoms with Gasteiger partial charge in [-0.15, -0.1) is 0 Å². The van der Waals surface area contributed by atoms with Gasteiger partial charge in [-0.1, -0.05) is 23.2 Å². The maximum absolute atomic E-state index is 13.9. The third-order valence-electron chi connectivity index (χ3n) is 5.39. The smallest absolute Gasteiger partial charge is 0.339 e. The average molecular weight is 597 g/mol. The van der Waals surface area contributed by atoms with Crippen LogP contribution in [0, 0.1) is 0 Å². The fourth-order valence-corrected chi connectivity index (χ4v) is 5.36. The van der Waals surface area contributed by atoms with E-state index in [9.17, 15) is 18.0 Å². The molecule has 39 heavy (non-hydrogen) atoms. The van der Waals surface area contributed by atoms with E-state index in [4.69, 9.17) is 42.1 Å². The molecule has 1 amide bonds. The van der Waals surface area contributed by atoms with Gasteiger partial charge in [-0.3, -0.25) is 9.10 Å². The number of amides is 1. The van der Waals surface area contributed by atoms with Crippen LogP contribution >= 0.6 is 23.2 Å². The summed E-state index contributed by atoms with van der Waals surface area (Å²) in [6.07, 6.45) is 0. The Morgan fingerprint density at radius 1 is 0.872 bits per heavy atom. The Morgan fingerprint density at radius 2 is 1.54 bits per heavy atom. The number of rotatable bonds is 11. The van der Waals surface area contributed by atoms with Crippen molar-refractivity contribution in [2.24, 2.45) is 0 Å². The van der Waals surface area contributed by atoms with Crippen molar-refractivity contribution in [3.8, 4) is 17.2 Å². The zero-order valence-electron chi connectivity index (χ0n) is 21.5. The number of methoxy groups -OCH3 is 3. The molecule has 0 spiro atoms. The molecule has 0 heterocycles. The Morgan fingerprint density at radius 3 is 2.18 bits per heavy atom. The van der Waals surface area contributed by atoms with E-state index in [1.807, 2.05) is 0 Å². The van der Waals surface area contributed by atoms with Gasteiger partial charge in [0.1, 0.15) is 12.3 Å². The van der Waals surface area contributed by atoms with E-state index in [1.54, 1.807) is 6.92 Å². The SMILES string of the molecule is CCOC(=O)c1cc(NC(=O)CN(c2cc(Cl)ccc2OC)S(=O)(=O)c2ccc(OC)c(OC)c2)ccc1Cl. The predicted molar refractivity (Wildman–Crippen MR) is 148 cm³/mol. The molecule has 0 bridgehead atoms. The van der Waals surface area contributed by atoms with Crippen molar-refractivity contribution in [3.63, 3.8) is 0 Å². The number of benzene rings is 3. The number of hydrogen-bond donors (Lipinski definition) is 1. The minimum atomic E-state index is -4.38. The summed E-state index contributed by atoms with van der Waals surface area (Å²) in [5, 5.41) is 2.94. The van der Waals surface area contributed by atoms with Crippen LogP contribution in [0.5, 0.6) is 17.2 Å². The van der Waals surface area contributed by atoms with Crippen molar-refractivity contribution in [2.45, 2.75) is 11.8 Å². The van der Waals surface area contributed by atoms with Crippen molar-refractivity contribution in [2.75, 3.05) is 44.1 Å². The monoisotopic (exact) mass is 596 g/mol. The summed E-state index contributed by atoms with van der Waals surface area (Å²) in [5.41, 5.74) is 0.273. The first kappa shape index (κ1) is 29.9. The molecule has 3 aromatic rings. The molecule has 0 saturated carbocycles. The van der Waals surface area contributed by atoms with Crippen LogP contribution in [0.2, 0.25) is 10.0 Å². The fraction of sp³-hybridized carbons (Fsp3) is 0.231. The summed E-state index contributed by atoms with van der Waals surface area (Å²) in [7, 11) is -0.230. The van der Waals surface area contributed by atoms with Crippen LogP contribution < -0.4 is 23.8 Å². The normalized spacial score (nSPS) is 10.9. The summed E-state index contributed by atoms with van der Waals surface area (Å²) in [6, 6.07) is 12.6. The molecule has 13 heteroatoms. The Bertz CT molecular complexity index is 1480. The van der Waals surface area contributed by atoms with Gasteiger partial charge in [0.25, 0.3) is 10.0 Å². The fourth-order valence-electron chi connectivity index (χ4n) is 3.56. The standard InChI is InChI=1S/C26H26Cl2N2O8S/c1-5-38-26(32)19-13-17(7-9-20(19)28)29-25(31)15-30(21-12-16(27)6-10-22(21)35-2)39(33,34)18-8-11-23(36-3)24(14-18)37-4/h6-14H,5,15H2,1-4H3,(H,29,31). The minimum absolute atomic E-state index is 0.0262. The summed E-state index contributed by atoms with van der Waals surface area (Å²) in [4.78, 5) is 25.2. The van der Waals surface area contributed by atoms with Crippen LogP contribution in [0.1, 0.15) is 17.3 Å². The third-order valence-corrected chi connectivity index (χ3v) is 7.71. The van der Waals surface area contributed by atoms with Crippen LogP contribution in [0.3, 0.4) is 0 Å². The van der Waals surface area contributed by atoms with E-state index in [1.165, 1.54) is 75.9 Å². The highest BCUT2D eigenvalue weighted by Gasteiger charge is 2.31. The zero-order valence-corrected chi connectivity index (χ0v) is 23.8. The molecule has 10 nitrogen and oxygen atoms in total. The van der Waals surface area contributed by atoms with E-state index >= 15 is 0 Å². The maximum Gasteiger partial charge on any atom is 0.339 e. The van der Waals surface area contributed by atoms with E-state index in [2.05, 4.69) is 5.32 Å². The van der Waals surface area contributed by atoms with Gasteiger partial charge in [-0.25, -0.2) is 13.2 Å². The number of hydrogen-bond acceptors (Lipinski definition) is 8. The molecule has 0 aromatic heterocycles. The molecule has 3 rings (SSSR count). The minimum Gasteiger partial charge on any atom is -0.495 e. The van der Waals surface area contributed by atoms with Crippen molar-refractivity contribution >= 4 is 56.5 Å². The van der Waals surface area contributed by atoms with E-state index in [-0.39, 0.29) is 50.0 Å². The molecule has 0 aliphatic heterocycles. The quantitative estimate of drug-likeness (QED) is 0.306.